The summed E-state index contributed by atoms with van der Waals surface area (Å²) >= 11 is 0. The van der Waals surface area contributed by atoms with E-state index in [1.807, 2.05) is 32.2 Å². The maximum atomic E-state index is 12.0. The van der Waals surface area contributed by atoms with Crippen LogP contribution in [0.3, 0.4) is 0 Å². The minimum absolute atomic E-state index is 0.0282. The molecule has 24 heavy (non-hydrogen) atoms. The van der Waals surface area contributed by atoms with Gasteiger partial charge in [-0.25, -0.2) is 4.98 Å². The number of hydrogen-bond donors (Lipinski definition) is 2. The molecular weight excluding hydrogens is 302 g/mol. The van der Waals surface area contributed by atoms with Crippen molar-refractivity contribution in [2.45, 2.75) is 38.8 Å². The van der Waals surface area contributed by atoms with Gasteiger partial charge < -0.3 is 9.88 Å². The molecular formula is C18H21N5O. The predicted molar refractivity (Wildman–Crippen MR) is 93.6 cm³/mol. The Balaban J connectivity index is 1.77. The third-order valence-corrected chi connectivity index (χ3v) is 4.45. The minimum atomic E-state index is -0.412. The Hall–Kier alpha value is -2.81. The molecule has 0 spiro atoms. The van der Waals surface area contributed by atoms with Gasteiger partial charge in [-0.2, -0.15) is 0 Å². The van der Waals surface area contributed by atoms with E-state index >= 15 is 0 Å². The molecule has 1 aliphatic rings. The number of guanidine groups is 1. The van der Waals surface area contributed by atoms with Crippen LogP contribution in [0.2, 0.25) is 0 Å². The Morgan fingerprint density at radius 1 is 1.50 bits per heavy atom. The van der Waals surface area contributed by atoms with Crippen LogP contribution >= 0.6 is 0 Å². The molecule has 2 aromatic rings. The molecule has 124 valence electrons. The van der Waals surface area contributed by atoms with Gasteiger partial charge in [-0.1, -0.05) is 5.92 Å². The third kappa shape index (κ3) is 2.98. The number of fused-ring (bicyclic) bond motifs is 1. The molecule has 6 nitrogen and oxygen atoms in total. The molecule has 1 unspecified atom stereocenters. The van der Waals surface area contributed by atoms with E-state index in [0.717, 1.165) is 29.6 Å². The molecule has 0 aromatic carbocycles. The molecule has 3 heterocycles. The second-order valence-electron chi connectivity index (χ2n) is 6.43. The lowest BCUT2D eigenvalue weighted by Crippen LogP contribution is -2.60. The van der Waals surface area contributed by atoms with Gasteiger partial charge in [0.1, 0.15) is 5.65 Å². The zero-order valence-corrected chi connectivity index (χ0v) is 14.2. The van der Waals surface area contributed by atoms with Gasteiger partial charge in [0.2, 0.25) is 5.91 Å². The Kier molecular flexibility index (Phi) is 4.02. The first-order valence-corrected chi connectivity index (χ1v) is 7.93. The third-order valence-electron chi connectivity index (χ3n) is 4.45. The molecule has 0 aliphatic carbocycles. The van der Waals surface area contributed by atoms with E-state index in [4.69, 9.17) is 5.41 Å². The molecule has 1 aliphatic heterocycles. The van der Waals surface area contributed by atoms with Crippen LogP contribution in [0.4, 0.5) is 0 Å². The first kappa shape index (κ1) is 16.1. The SMILES string of the molecule is CC#Cc1cnc2c(ccn2CCC2(C)CC(=O)N(C)C(=N)N2)c1. The second kappa shape index (κ2) is 6.00. The molecule has 2 N–H and O–H groups in total. The monoisotopic (exact) mass is 323 g/mol. The lowest BCUT2D eigenvalue weighted by molar-refractivity contribution is -0.129. The topological polar surface area (TPSA) is 74.0 Å². The Morgan fingerprint density at radius 2 is 2.29 bits per heavy atom. The standard InChI is InChI=1S/C18H21N5O/c1-4-5-13-10-14-6-8-23(16(14)20-12-13)9-7-18(2)11-15(24)22(3)17(19)21-18/h6,8,10,12H,7,9,11H2,1-3H3,(H2,19,21). The van der Waals surface area contributed by atoms with Gasteiger partial charge >= 0.3 is 0 Å². The molecule has 0 radical (unpaired) electrons. The number of pyridine rings is 1. The van der Waals surface area contributed by atoms with Gasteiger partial charge in [0, 0.05) is 42.5 Å². The highest BCUT2D eigenvalue weighted by molar-refractivity contribution is 5.98. The van der Waals surface area contributed by atoms with Crippen molar-refractivity contribution >= 4 is 22.9 Å². The van der Waals surface area contributed by atoms with Gasteiger partial charge in [0.25, 0.3) is 0 Å². The van der Waals surface area contributed by atoms with Crippen LogP contribution in [-0.4, -0.2) is 38.9 Å². The number of rotatable bonds is 3. The predicted octanol–water partition coefficient (Wildman–Crippen LogP) is 1.94. The Labute approximate surface area is 141 Å². The van der Waals surface area contributed by atoms with Crippen molar-refractivity contribution in [1.29, 1.82) is 5.41 Å². The van der Waals surface area contributed by atoms with Crippen LogP contribution in [0.5, 0.6) is 0 Å². The normalized spacial score (nSPS) is 20.7. The molecule has 6 heteroatoms. The summed E-state index contributed by atoms with van der Waals surface area (Å²) in [7, 11) is 1.62. The summed E-state index contributed by atoms with van der Waals surface area (Å²) < 4.78 is 2.08. The molecule has 0 bridgehead atoms. The minimum Gasteiger partial charge on any atom is -0.350 e. The maximum absolute atomic E-state index is 12.0. The molecule has 2 aromatic heterocycles. The lowest BCUT2D eigenvalue weighted by Gasteiger charge is -2.39. The van der Waals surface area contributed by atoms with Crippen molar-refractivity contribution in [3.05, 3.63) is 30.1 Å². The summed E-state index contributed by atoms with van der Waals surface area (Å²) in [6, 6.07) is 4.06. The van der Waals surface area contributed by atoms with Crippen molar-refractivity contribution in [3.63, 3.8) is 0 Å². The van der Waals surface area contributed by atoms with Gasteiger partial charge in [-0.15, -0.1) is 5.92 Å². The highest BCUT2D eigenvalue weighted by atomic mass is 16.2. The average molecular weight is 323 g/mol. The molecule has 1 saturated heterocycles. The van der Waals surface area contributed by atoms with E-state index in [1.54, 1.807) is 13.2 Å². The fourth-order valence-corrected chi connectivity index (χ4v) is 2.98. The Morgan fingerprint density at radius 3 is 3.00 bits per heavy atom. The molecule has 1 atom stereocenters. The summed E-state index contributed by atoms with van der Waals surface area (Å²) in [4.78, 5) is 17.9. The summed E-state index contributed by atoms with van der Waals surface area (Å²) in [6.45, 7) is 4.52. The number of aromatic nitrogens is 2. The summed E-state index contributed by atoms with van der Waals surface area (Å²) in [5.41, 5.74) is 1.41. The molecule has 0 saturated carbocycles. The van der Waals surface area contributed by atoms with E-state index in [9.17, 15) is 4.79 Å². The van der Waals surface area contributed by atoms with Crippen LogP contribution in [-0.2, 0) is 11.3 Å². The van der Waals surface area contributed by atoms with Crippen molar-refractivity contribution in [2.24, 2.45) is 0 Å². The summed E-state index contributed by atoms with van der Waals surface area (Å²) in [5.74, 6) is 6.03. The van der Waals surface area contributed by atoms with Crippen LogP contribution in [0.25, 0.3) is 11.0 Å². The van der Waals surface area contributed by atoms with Gasteiger partial charge in [0.15, 0.2) is 5.96 Å². The van der Waals surface area contributed by atoms with E-state index in [1.165, 1.54) is 4.90 Å². The second-order valence-corrected chi connectivity index (χ2v) is 6.43. The molecule has 1 amide bonds. The zero-order chi connectivity index (χ0) is 17.3. The smallest absolute Gasteiger partial charge is 0.231 e. The van der Waals surface area contributed by atoms with Crippen LogP contribution in [0.15, 0.2) is 24.5 Å². The first-order valence-electron chi connectivity index (χ1n) is 7.93. The van der Waals surface area contributed by atoms with E-state index in [0.29, 0.717) is 6.42 Å². The van der Waals surface area contributed by atoms with E-state index in [-0.39, 0.29) is 11.9 Å². The van der Waals surface area contributed by atoms with E-state index in [2.05, 4.69) is 26.7 Å². The summed E-state index contributed by atoms with van der Waals surface area (Å²) in [5, 5.41) is 12.1. The number of amides is 1. The van der Waals surface area contributed by atoms with Crippen LogP contribution in [0, 0.1) is 17.3 Å². The number of nitrogens with zero attached hydrogens (tertiary/aromatic N) is 3. The fourth-order valence-electron chi connectivity index (χ4n) is 2.98. The van der Waals surface area contributed by atoms with Crippen LogP contribution < -0.4 is 5.32 Å². The van der Waals surface area contributed by atoms with Gasteiger partial charge in [-0.3, -0.25) is 15.1 Å². The number of carbonyl (C=O) groups excluding carboxylic acids is 1. The average Bonchev–Trinajstić information content (AvgIpc) is 2.93. The maximum Gasteiger partial charge on any atom is 0.231 e. The van der Waals surface area contributed by atoms with Gasteiger partial charge in [-0.05, 0) is 32.4 Å². The largest absolute Gasteiger partial charge is 0.350 e. The van der Waals surface area contributed by atoms with Crippen molar-refractivity contribution in [1.82, 2.24) is 19.8 Å². The molecule has 1 fully saturated rings. The highest BCUT2D eigenvalue weighted by Crippen LogP contribution is 2.23. The first-order chi connectivity index (χ1) is 11.4. The van der Waals surface area contributed by atoms with Crippen molar-refractivity contribution in [2.75, 3.05) is 7.05 Å². The number of carbonyl (C=O) groups is 1. The zero-order valence-electron chi connectivity index (χ0n) is 14.2. The van der Waals surface area contributed by atoms with Crippen molar-refractivity contribution < 1.29 is 4.79 Å². The quantitative estimate of drug-likeness (QED) is 0.848. The highest BCUT2D eigenvalue weighted by Gasteiger charge is 2.36. The summed E-state index contributed by atoms with van der Waals surface area (Å²) in [6.07, 6.45) is 4.90. The molecule has 3 rings (SSSR count). The number of nitrogens with one attached hydrogen (secondary N) is 2. The van der Waals surface area contributed by atoms with Crippen molar-refractivity contribution in [3.8, 4) is 11.8 Å². The Bertz CT molecular complexity index is 852. The fraction of sp³-hybridized carbons (Fsp3) is 0.389. The number of hydrogen-bond acceptors (Lipinski definition) is 3. The van der Waals surface area contributed by atoms with Gasteiger partial charge in [0.05, 0.1) is 6.42 Å². The van der Waals surface area contributed by atoms with Crippen LogP contribution in [0.1, 0.15) is 32.3 Å². The number of aryl methyl sites for hydroxylation is 1. The lowest BCUT2D eigenvalue weighted by atomic mass is 9.91. The van der Waals surface area contributed by atoms with E-state index < -0.39 is 5.54 Å².